The number of benzene rings is 4. The first-order valence-electron chi connectivity index (χ1n) is 10.5. The maximum absolute atomic E-state index is 4.72. The number of aromatic nitrogens is 1. The molecule has 1 nitrogen and oxygen atoms in total. The maximum Gasteiger partial charge on any atom is 0.144 e. The van der Waals surface area contributed by atoms with E-state index in [1.54, 1.807) is 0 Å². The van der Waals surface area contributed by atoms with Gasteiger partial charge in [0, 0.05) is 17.8 Å². The van der Waals surface area contributed by atoms with Crippen molar-refractivity contribution in [3.05, 3.63) is 140 Å². The number of rotatable bonds is 5. The van der Waals surface area contributed by atoms with Crippen molar-refractivity contribution in [3.8, 4) is 11.3 Å². The van der Waals surface area contributed by atoms with Crippen LogP contribution < -0.4 is 21.2 Å². The first-order chi connectivity index (χ1) is 15.4. The van der Waals surface area contributed by atoms with Gasteiger partial charge in [0.15, 0.2) is 0 Å². The molecule has 0 fully saturated rings. The topological polar surface area (TPSA) is 12.9 Å². The lowest BCUT2D eigenvalue weighted by Crippen LogP contribution is -2.38. The quantitative estimate of drug-likeness (QED) is 0.351. The zero-order valence-corrected chi connectivity index (χ0v) is 18.1. The SMILES string of the molecule is c1ccc(-c2cc([P+](c3ccccc3)(c3ccccc3)c3ccccc3)ccn2)cc1. The van der Waals surface area contributed by atoms with Gasteiger partial charge in [-0.3, -0.25) is 4.98 Å². The number of pyridine rings is 1. The van der Waals surface area contributed by atoms with Crippen molar-refractivity contribution in [1.29, 1.82) is 0 Å². The van der Waals surface area contributed by atoms with E-state index in [1.807, 2.05) is 12.3 Å². The van der Waals surface area contributed by atoms with E-state index in [0.29, 0.717) is 0 Å². The molecule has 5 rings (SSSR count). The van der Waals surface area contributed by atoms with Gasteiger partial charge in [0.1, 0.15) is 28.5 Å². The van der Waals surface area contributed by atoms with Gasteiger partial charge in [0.2, 0.25) is 0 Å². The molecule has 0 atom stereocenters. The Labute approximate surface area is 184 Å². The summed E-state index contributed by atoms with van der Waals surface area (Å²) in [5.74, 6) is 0. The molecular formula is C29H23NP+. The Morgan fingerprint density at radius 2 is 0.839 bits per heavy atom. The first kappa shape index (κ1) is 19.4. The highest BCUT2D eigenvalue weighted by Gasteiger charge is 2.47. The molecule has 1 heterocycles. The van der Waals surface area contributed by atoms with Crippen LogP contribution >= 0.6 is 7.26 Å². The second-order valence-electron chi connectivity index (χ2n) is 7.44. The Morgan fingerprint density at radius 3 is 1.29 bits per heavy atom. The molecule has 1 aromatic heterocycles. The summed E-state index contributed by atoms with van der Waals surface area (Å²) in [6, 6.07) is 47.7. The molecule has 148 valence electrons. The van der Waals surface area contributed by atoms with Gasteiger partial charge in [-0.1, -0.05) is 84.9 Å². The second kappa shape index (κ2) is 8.68. The minimum atomic E-state index is -2.09. The molecule has 0 amide bonds. The van der Waals surface area contributed by atoms with Gasteiger partial charge in [0.25, 0.3) is 0 Å². The van der Waals surface area contributed by atoms with Gasteiger partial charge in [0.05, 0.1) is 5.69 Å². The molecule has 0 unspecified atom stereocenters. The third-order valence-corrected chi connectivity index (χ3v) is 9.90. The Bertz CT molecular complexity index is 1160. The van der Waals surface area contributed by atoms with Gasteiger partial charge in [-0.2, -0.15) is 0 Å². The summed E-state index contributed by atoms with van der Waals surface area (Å²) in [6.45, 7) is 0. The molecule has 0 aliphatic heterocycles. The smallest absolute Gasteiger partial charge is 0.144 e. The lowest BCUT2D eigenvalue weighted by atomic mass is 10.1. The first-order valence-corrected chi connectivity index (χ1v) is 12.3. The maximum atomic E-state index is 4.72. The predicted octanol–water partition coefficient (Wildman–Crippen LogP) is 5.37. The van der Waals surface area contributed by atoms with Crippen molar-refractivity contribution < 1.29 is 0 Å². The monoisotopic (exact) mass is 416 g/mol. The fourth-order valence-electron chi connectivity index (χ4n) is 4.24. The highest BCUT2D eigenvalue weighted by Crippen LogP contribution is 2.54. The normalized spacial score (nSPS) is 11.2. The molecular weight excluding hydrogens is 393 g/mol. The number of nitrogens with zero attached hydrogens (tertiary/aromatic N) is 1. The molecule has 5 aromatic rings. The van der Waals surface area contributed by atoms with E-state index < -0.39 is 7.26 Å². The lowest BCUT2D eigenvalue weighted by molar-refractivity contribution is 1.34. The van der Waals surface area contributed by atoms with E-state index in [-0.39, 0.29) is 0 Å². The van der Waals surface area contributed by atoms with E-state index in [0.717, 1.165) is 11.3 Å². The third kappa shape index (κ3) is 3.58. The zero-order valence-electron chi connectivity index (χ0n) is 17.2. The van der Waals surface area contributed by atoms with Crippen molar-refractivity contribution in [2.24, 2.45) is 0 Å². The molecule has 0 aliphatic carbocycles. The molecule has 0 bridgehead atoms. The molecule has 0 aliphatic rings. The molecule has 31 heavy (non-hydrogen) atoms. The minimum absolute atomic E-state index is 1.00. The molecule has 0 N–H and O–H groups in total. The van der Waals surface area contributed by atoms with Crippen molar-refractivity contribution in [2.45, 2.75) is 0 Å². The largest absolute Gasteiger partial charge is 0.256 e. The van der Waals surface area contributed by atoms with Crippen molar-refractivity contribution >= 4 is 28.5 Å². The van der Waals surface area contributed by atoms with E-state index >= 15 is 0 Å². The summed E-state index contributed by atoms with van der Waals surface area (Å²) in [5, 5.41) is 5.35. The van der Waals surface area contributed by atoms with Crippen LogP contribution in [-0.2, 0) is 0 Å². The Hall–Kier alpha value is -3.54. The summed E-state index contributed by atoms with van der Waals surface area (Å²) in [4.78, 5) is 4.72. The van der Waals surface area contributed by atoms with Gasteiger partial charge in [-0.25, -0.2) is 0 Å². The van der Waals surface area contributed by atoms with Crippen LogP contribution in [0.1, 0.15) is 0 Å². The minimum Gasteiger partial charge on any atom is -0.256 e. The Kier molecular flexibility index (Phi) is 5.44. The van der Waals surface area contributed by atoms with Crippen LogP contribution in [0.2, 0.25) is 0 Å². The fourth-order valence-corrected chi connectivity index (χ4v) is 8.50. The molecule has 0 saturated carbocycles. The summed E-state index contributed by atoms with van der Waals surface area (Å²) in [7, 11) is -2.09. The van der Waals surface area contributed by atoms with E-state index in [4.69, 9.17) is 4.98 Å². The van der Waals surface area contributed by atoms with Crippen molar-refractivity contribution in [1.82, 2.24) is 4.98 Å². The van der Waals surface area contributed by atoms with Crippen LogP contribution in [-0.4, -0.2) is 4.98 Å². The van der Waals surface area contributed by atoms with Crippen LogP contribution in [0.3, 0.4) is 0 Å². The van der Waals surface area contributed by atoms with Gasteiger partial charge in [-0.05, 0) is 42.5 Å². The number of hydrogen-bond acceptors (Lipinski definition) is 1. The molecule has 4 aromatic carbocycles. The Balaban J connectivity index is 1.85. The summed E-state index contributed by atoms with van der Waals surface area (Å²) < 4.78 is 0. The summed E-state index contributed by atoms with van der Waals surface area (Å²) in [5.41, 5.74) is 2.14. The standard InChI is InChI=1S/C29H23NP/c1-5-13-24(14-6-1)29-23-28(21-22-30-29)31(25-15-7-2-8-16-25,26-17-9-3-10-18-26)27-19-11-4-12-20-27/h1-23H/q+1. The average Bonchev–Trinajstić information content (AvgIpc) is 2.87. The van der Waals surface area contributed by atoms with Crippen LogP contribution in [0.25, 0.3) is 11.3 Å². The average molecular weight is 416 g/mol. The van der Waals surface area contributed by atoms with Crippen molar-refractivity contribution in [2.75, 3.05) is 0 Å². The van der Waals surface area contributed by atoms with Crippen LogP contribution in [0, 0.1) is 0 Å². The molecule has 2 heteroatoms. The van der Waals surface area contributed by atoms with E-state index in [2.05, 4.69) is 127 Å². The van der Waals surface area contributed by atoms with Crippen LogP contribution in [0.5, 0.6) is 0 Å². The van der Waals surface area contributed by atoms with Gasteiger partial charge >= 0.3 is 0 Å². The lowest BCUT2D eigenvalue weighted by Gasteiger charge is -2.27. The highest BCUT2D eigenvalue weighted by molar-refractivity contribution is 8.01. The predicted molar refractivity (Wildman–Crippen MR) is 134 cm³/mol. The van der Waals surface area contributed by atoms with E-state index in [9.17, 15) is 0 Å². The van der Waals surface area contributed by atoms with Crippen molar-refractivity contribution in [3.63, 3.8) is 0 Å². The van der Waals surface area contributed by atoms with Crippen LogP contribution in [0.15, 0.2) is 140 Å². The van der Waals surface area contributed by atoms with Crippen LogP contribution in [0.4, 0.5) is 0 Å². The second-order valence-corrected chi connectivity index (χ2v) is 10.9. The van der Waals surface area contributed by atoms with Gasteiger partial charge < -0.3 is 0 Å². The summed E-state index contributed by atoms with van der Waals surface area (Å²) in [6.07, 6.45) is 1.96. The van der Waals surface area contributed by atoms with E-state index in [1.165, 1.54) is 21.2 Å². The fraction of sp³-hybridized carbons (Fsp3) is 0. The summed E-state index contributed by atoms with van der Waals surface area (Å²) >= 11 is 0. The third-order valence-electron chi connectivity index (χ3n) is 5.63. The zero-order chi connectivity index (χ0) is 20.9. The van der Waals surface area contributed by atoms with Gasteiger partial charge in [-0.15, -0.1) is 0 Å². The highest BCUT2D eigenvalue weighted by atomic mass is 31.2. The Morgan fingerprint density at radius 1 is 0.419 bits per heavy atom. The molecule has 0 spiro atoms. The number of hydrogen-bond donors (Lipinski definition) is 0. The molecule has 0 saturated heterocycles. The molecule has 0 radical (unpaired) electrons.